The Kier molecular flexibility index (Phi) is 9.91. The molecule has 1 amide bonds. The quantitative estimate of drug-likeness (QED) is 0.401. The summed E-state index contributed by atoms with van der Waals surface area (Å²) in [5.74, 6) is 0.00623. The molecule has 22 heavy (non-hydrogen) atoms. The summed E-state index contributed by atoms with van der Waals surface area (Å²) in [5, 5.41) is 6.22. The van der Waals surface area contributed by atoms with Crippen LogP contribution in [0.2, 0.25) is 0 Å². The number of unbranched alkanes of at least 4 members (excludes halogenated alkanes) is 4. The predicted octanol–water partition coefficient (Wildman–Crippen LogP) is 4.26. The Hall–Kier alpha value is -1.07. The van der Waals surface area contributed by atoms with Crippen molar-refractivity contribution in [1.29, 1.82) is 0 Å². The van der Waals surface area contributed by atoms with Gasteiger partial charge in [0.2, 0.25) is 5.91 Å². The van der Waals surface area contributed by atoms with Gasteiger partial charge in [-0.15, -0.1) is 11.8 Å². The van der Waals surface area contributed by atoms with E-state index in [9.17, 15) is 4.79 Å². The highest BCUT2D eigenvalue weighted by Gasteiger charge is 2.04. The average Bonchev–Trinajstić information content (AvgIpc) is 2.53. The number of carbonyl (C=O) groups excluding carboxylic acids is 1. The molecule has 0 radical (unpaired) electrons. The minimum Gasteiger partial charge on any atom is -0.358 e. The molecule has 3 nitrogen and oxygen atoms in total. The van der Waals surface area contributed by atoms with E-state index in [1.54, 1.807) is 11.8 Å². The molecule has 0 aromatic heterocycles. The van der Waals surface area contributed by atoms with Crippen LogP contribution in [0.15, 0.2) is 29.2 Å². The summed E-state index contributed by atoms with van der Waals surface area (Å²) in [4.78, 5) is 13.0. The molecule has 0 heterocycles. The Morgan fingerprint density at radius 2 is 1.82 bits per heavy atom. The maximum Gasteiger partial charge on any atom is 0.226 e. The van der Waals surface area contributed by atoms with Gasteiger partial charge in [-0.1, -0.05) is 44.7 Å². The van der Waals surface area contributed by atoms with E-state index in [1.807, 2.05) is 0 Å². The van der Waals surface area contributed by atoms with E-state index in [1.165, 1.54) is 24.2 Å². The molecular weight excluding hydrogens is 312 g/mol. The van der Waals surface area contributed by atoms with Crippen molar-refractivity contribution < 1.29 is 4.79 Å². The minimum atomic E-state index is 0.00623. The van der Waals surface area contributed by atoms with Crippen LogP contribution < -0.4 is 10.6 Å². The highest BCUT2D eigenvalue weighted by atomic mass is 32.2. The molecule has 122 valence electrons. The van der Waals surface area contributed by atoms with E-state index in [2.05, 4.69) is 48.1 Å². The number of thioether (sulfide) groups is 1. The summed E-state index contributed by atoms with van der Waals surface area (Å²) < 4.78 is 0. The van der Waals surface area contributed by atoms with Crippen molar-refractivity contribution in [3.05, 3.63) is 29.8 Å². The van der Waals surface area contributed by atoms with Gasteiger partial charge in [0.05, 0.1) is 0 Å². The van der Waals surface area contributed by atoms with Crippen LogP contribution in [0.4, 0.5) is 0 Å². The Morgan fingerprint density at radius 3 is 2.45 bits per heavy atom. The van der Waals surface area contributed by atoms with E-state index in [4.69, 9.17) is 12.2 Å². The van der Waals surface area contributed by atoms with Gasteiger partial charge in [-0.05, 0) is 42.6 Å². The molecule has 0 atom stereocenters. The summed E-state index contributed by atoms with van der Waals surface area (Å²) in [6.45, 7) is 2.82. The number of nitrogens with one attached hydrogen (secondary N) is 2. The summed E-state index contributed by atoms with van der Waals surface area (Å²) in [7, 11) is 0. The molecule has 0 bridgehead atoms. The first-order valence-electron chi connectivity index (χ1n) is 7.86. The maximum absolute atomic E-state index is 11.7. The number of hydrogen-bond acceptors (Lipinski definition) is 3. The van der Waals surface area contributed by atoms with Crippen molar-refractivity contribution in [3.8, 4) is 0 Å². The predicted molar refractivity (Wildman–Crippen MR) is 99.2 cm³/mol. The van der Waals surface area contributed by atoms with Gasteiger partial charge >= 0.3 is 0 Å². The van der Waals surface area contributed by atoms with Crippen molar-refractivity contribution in [3.63, 3.8) is 0 Å². The average molecular weight is 339 g/mol. The lowest BCUT2D eigenvalue weighted by Gasteiger charge is -2.10. The van der Waals surface area contributed by atoms with E-state index < -0.39 is 0 Å². The molecule has 0 aliphatic heterocycles. The first kappa shape index (κ1) is 19.0. The van der Waals surface area contributed by atoms with Crippen LogP contribution in [0.1, 0.15) is 51.0 Å². The molecule has 0 spiro atoms. The lowest BCUT2D eigenvalue weighted by Crippen LogP contribution is -2.38. The van der Waals surface area contributed by atoms with Crippen molar-refractivity contribution in [2.75, 3.05) is 6.26 Å². The fourth-order valence-corrected chi connectivity index (χ4v) is 2.64. The second kappa shape index (κ2) is 11.5. The molecule has 0 aliphatic rings. The summed E-state index contributed by atoms with van der Waals surface area (Å²) in [6, 6.07) is 8.30. The molecule has 0 saturated carbocycles. The van der Waals surface area contributed by atoms with Gasteiger partial charge in [0.15, 0.2) is 5.11 Å². The Labute approximate surface area is 143 Å². The third kappa shape index (κ3) is 8.39. The number of amides is 1. The van der Waals surface area contributed by atoms with Crippen LogP contribution in [0.25, 0.3) is 0 Å². The molecule has 2 N–H and O–H groups in total. The zero-order chi connectivity index (χ0) is 16.2. The van der Waals surface area contributed by atoms with Crippen LogP contribution in [0.5, 0.6) is 0 Å². The fraction of sp³-hybridized carbons (Fsp3) is 0.529. The van der Waals surface area contributed by atoms with E-state index in [-0.39, 0.29) is 5.91 Å². The number of rotatable bonds is 9. The number of carbonyl (C=O) groups is 1. The van der Waals surface area contributed by atoms with Gasteiger partial charge in [-0.25, -0.2) is 0 Å². The third-order valence-corrected chi connectivity index (χ3v) is 4.36. The SMILES string of the molecule is CCCCCCCC(=O)NC(=S)NCc1ccc(SC)cc1. The molecule has 1 aromatic carbocycles. The standard InChI is InChI=1S/C17H26N2OS2/c1-3-4-5-6-7-8-16(20)19-17(21)18-13-14-9-11-15(22-2)12-10-14/h9-12H,3-8,13H2,1-2H3,(H2,18,19,20,21). The van der Waals surface area contributed by atoms with Crippen LogP contribution in [0, 0.1) is 0 Å². The fourth-order valence-electron chi connectivity index (χ4n) is 2.05. The van der Waals surface area contributed by atoms with E-state index in [0.29, 0.717) is 18.1 Å². The zero-order valence-electron chi connectivity index (χ0n) is 13.5. The van der Waals surface area contributed by atoms with Crippen molar-refractivity contribution >= 4 is 35.0 Å². The van der Waals surface area contributed by atoms with Crippen molar-refractivity contribution in [2.45, 2.75) is 56.9 Å². The molecule has 1 aromatic rings. The Balaban J connectivity index is 2.17. The second-order valence-corrected chi connectivity index (χ2v) is 6.53. The largest absolute Gasteiger partial charge is 0.358 e. The molecule has 0 unspecified atom stereocenters. The number of hydrogen-bond donors (Lipinski definition) is 2. The van der Waals surface area contributed by atoms with Crippen LogP contribution in [-0.2, 0) is 11.3 Å². The Morgan fingerprint density at radius 1 is 1.14 bits per heavy atom. The smallest absolute Gasteiger partial charge is 0.226 e. The summed E-state index contributed by atoms with van der Waals surface area (Å²) in [6.07, 6.45) is 8.33. The molecule has 0 fully saturated rings. The third-order valence-electron chi connectivity index (χ3n) is 3.37. The van der Waals surface area contributed by atoms with Gasteiger partial charge in [0.1, 0.15) is 0 Å². The van der Waals surface area contributed by atoms with Crippen molar-refractivity contribution in [2.24, 2.45) is 0 Å². The molecule has 1 rings (SSSR count). The summed E-state index contributed by atoms with van der Waals surface area (Å²) >= 11 is 6.87. The zero-order valence-corrected chi connectivity index (χ0v) is 15.1. The monoisotopic (exact) mass is 338 g/mol. The topological polar surface area (TPSA) is 41.1 Å². The van der Waals surface area contributed by atoms with Crippen LogP contribution in [0.3, 0.4) is 0 Å². The number of thiocarbonyl (C=S) groups is 1. The number of benzene rings is 1. The first-order chi connectivity index (χ1) is 10.7. The normalized spacial score (nSPS) is 10.3. The lowest BCUT2D eigenvalue weighted by atomic mass is 10.1. The molecule has 0 aliphatic carbocycles. The Bertz CT molecular complexity index is 460. The van der Waals surface area contributed by atoms with Gasteiger partial charge in [-0.3, -0.25) is 4.79 Å². The van der Waals surface area contributed by atoms with Gasteiger partial charge in [0.25, 0.3) is 0 Å². The maximum atomic E-state index is 11.7. The minimum absolute atomic E-state index is 0.00623. The summed E-state index contributed by atoms with van der Waals surface area (Å²) in [5.41, 5.74) is 1.15. The molecular formula is C17H26N2OS2. The van der Waals surface area contributed by atoms with Crippen molar-refractivity contribution in [1.82, 2.24) is 10.6 Å². The van der Waals surface area contributed by atoms with E-state index >= 15 is 0 Å². The van der Waals surface area contributed by atoms with Crippen LogP contribution >= 0.6 is 24.0 Å². The van der Waals surface area contributed by atoms with Gasteiger partial charge in [-0.2, -0.15) is 0 Å². The van der Waals surface area contributed by atoms with Gasteiger partial charge < -0.3 is 10.6 Å². The highest BCUT2D eigenvalue weighted by Crippen LogP contribution is 2.14. The van der Waals surface area contributed by atoms with Gasteiger partial charge in [0, 0.05) is 17.9 Å². The lowest BCUT2D eigenvalue weighted by molar-refractivity contribution is -0.119. The van der Waals surface area contributed by atoms with E-state index in [0.717, 1.165) is 18.4 Å². The van der Waals surface area contributed by atoms with Crippen LogP contribution in [-0.4, -0.2) is 17.3 Å². The first-order valence-corrected chi connectivity index (χ1v) is 9.49. The second-order valence-electron chi connectivity index (χ2n) is 5.24. The molecule has 0 saturated heterocycles. The molecule has 5 heteroatoms. The highest BCUT2D eigenvalue weighted by molar-refractivity contribution is 7.98.